The number of anilines is 1. The van der Waals surface area contributed by atoms with E-state index in [1.807, 2.05) is 25.2 Å². The zero-order valence-electron chi connectivity index (χ0n) is 16.1. The average Bonchev–Trinajstić information content (AvgIpc) is 3.38. The van der Waals surface area contributed by atoms with E-state index in [9.17, 15) is 0 Å². The van der Waals surface area contributed by atoms with Gasteiger partial charge in [0.1, 0.15) is 6.10 Å². The summed E-state index contributed by atoms with van der Waals surface area (Å²) in [7, 11) is 1.83. The standard InChI is InChI=1S/C19H27N5O2S.HI/c1-20-18(24-10-12-26-16(13-24)15-6-4-11-25-15)21-8-9-22-19-23-14-5-2-3-7-17(14)27-19;/h2-3,5,7,15-16H,4,6,8-13H2,1H3,(H,20,21)(H,22,23);1H. The minimum atomic E-state index is 0. The van der Waals surface area contributed by atoms with E-state index in [2.05, 4.69) is 31.6 Å². The molecule has 0 spiro atoms. The van der Waals surface area contributed by atoms with Crippen LogP contribution in [-0.4, -0.2) is 74.5 Å². The van der Waals surface area contributed by atoms with Crippen molar-refractivity contribution in [2.24, 2.45) is 4.99 Å². The Morgan fingerprint density at radius 1 is 1.25 bits per heavy atom. The van der Waals surface area contributed by atoms with Crippen molar-refractivity contribution >= 4 is 56.6 Å². The van der Waals surface area contributed by atoms with Crippen molar-refractivity contribution in [3.63, 3.8) is 0 Å². The Morgan fingerprint density at radius 3 is 2.89 bits per heavy atom. The lowest BCUT2D eigenvalue weighted by atomic mass is 10.1. The van der Waals surface area contributed by atoms with Gasteiger partial charge in [0, 0.05) is 39.8 Å². The number of benzene rings is 1. The van der Waals surface area contributed by atoms with Crippen molar-refractivity contribution in [1.82, 2.24) is 15.2 Å². The maximum Gasteiger partial charge on any atom is 0.193 e. The maximum atomic E-state index is 5.93. The molecule has 0 bridgehead atoms. The number of nitrogens with one attached hydrogen (secondary N) is 2. The van der Waals surface area contributed by atoms with Crippen molar-refractivity contribution in [2.75, 3.05) is 51.8 Å². The molecule has 4 rings (SSSR count). The van der Waals surface area contributed by atoms with Gasteiger partial charge in [-0.2, -0.15) is 0 Å². The van der Waals surface area contributed by atoms with Crippen LogP contribution in [0.3, 0.4) is 0 Å². The van der Waals surface area contributed by atoms with Crippen LogP contribution in [0.1, 0.15) is 12.8 Å². The van der Waals surface area contributed by atoms with Crippen molar-refractivity contribution in [2.45, 2.75) is 25.0 Å². The first-order chi connectivity index (χ1) is 13.3. The third kappa shape index (κ3) is 5.25. The van der Waals surface area contributed by atoms with E-state index in [4.69, 9.17) is 9.47 Å². The topological polar surface area (TPSA) is 71.0 Å². The summed E-state index contributed by atoms with van der Waals surface area (Å²) in [5.41, 5.74) is 1.04. The van der Waals surface area contributed by atoms with E-state index in [-0.39, 0.29) is 36.2 Å². The van der Waals surface area contributed by atoms with Gasteiger partial charge in [-0.05, 0) is 25.0 Å². The zero-order valence-corrected chi connectivity index (χ0v) is 19.2. The molecule has 0 amide bonds. The number of ether oxygens (including phenoxy) is 2. The van der Waals surface area contributed by atoms with Crippen LogP contribution in [0.4, 0.5) is 5.13 Å². The van der Waals surface area contributed by atoms with Gasteiger partial charge >= 0.3 is 0 Å². The fraction of sp³-hybridized carbons (Fsp3) is 0.579. The quantitative estimate of drug-likeness (QED) is 0.275. The molecule has 2 unspecified atom stereocenters. The Labute approximate surface area is 186 Å². The number of hydrogen-bond acceptors (Lipinski definition) is 6. The van der Waals surface area contributed by atoms with E-state index in [0.29, 0.717) is 0 Å². The molecule has 2 aliphatic heterocycles. The van der Waals surface area contributed by atoms with E-state index >= 15 is 0 Å². The third-order valence-corrected chi connectivity index (χ3v) is 5.96. The molecule has 28 heavy (non-hydrogen) atoms. The van der Waals surface area contributed by atoms with Crippen LogP contribution >= 0.6 is 35.3 Å². The molecule has 0 aliphatic carbocycles. The molecule has 2 saturated heterocycles. The van der Waals surface area contributed by atoms with Crippen LogP contribution in [0.15, 0.2) is 29.3 Å². The fourth-order valence-corrected chi connectivity index (χ4v) is 4.50. The van der Waals surface area contributed by atoms with E-state index in [1.54, 1.807) is 11.3 Å². The number of rotatable bonds is 5. The van der Waals surface area contributed by atoms with E-state index in [0.717, 1.165) is 68.8 Å². The predicted octanol–water partition coefficient (Wildman–Crippen LogP) is 2.78. The summed E-state index contributed by atoms with van der Waals surface area (Å²) in [6.07, 6.45) is 2.60. The number of guanidine groups is 1. The van der Waals surface area contributed by atoms with Gasteiger partial charge in [0.15, 0.2) is 11.1 Å². The highest BCUT2D eigenvalue weighted by Crippen LogP contribution is 2.25. The van der Waals surface area contributed by atoms with Crippen LogP contribution < -0.4 is 10.6 Å². The summed E-state index contributed by atoms with van der Waals surface area (Å²) >= 11 is 1.68. The van der Waals surface area contributed by atoms with Crippen LogP contribution in [0.5, 0.6) is 0 Å². The van der Waals surface area contributed by atoms with Gasteiger partial charge < -0.3 is 25.0 Å². The summed E-state index contributed by atoms with van der Waals surface area (Å²) in [6.45, 7) is 4.83. The maximum absolute atomic E-state index is 5.93. The highest BCUT2D eigenvalue weighted by Gasteiger charge is 2.32. The number of aliphatic imine (C=N–C) groups is 1. The Morgan fingerprint density at radius 2 is 2.11 bits per heavy atom. The van der Waals surface area contributed by atoms with Gasteiger partial charge in [-0.15, -0.1) is 24.0 Å². The smallest absolute Gasteiger partial charge is 0.193 e. The molecule has 2 fully saturated rings. The molecule has 0 saturated carbocycles. The fourth-order valence-electron chi connectivity index (χ4n) is 3.61. The Balaban J connectivity index is 0.00000225. The number of morpholine rings is 1. The van der Waals surface area contributed by atoms with Crippen LogP contribution in [0.2, 0.25) is 0 Å². The van der Waals surface area contributed by atoms with E-state index in [1.165, 1.54) is 4.70 Å². The Bertz CT molecular complexity index is 748. The molecular formula is C19H28IN5O2S. The highest BCUT2D eigenvalue weighted by atomic mass is 127. The number of aromatic nitrogens is 1. The number of thiazole rings is 1. The van der Waals surface area contributed by atoms with E-state index < -0.39 is 0 Å². The predicted molar refractivity (Wildman–Crippen MR) is 125 cm³/mol. The first-order valence-electron chi connectivity index (χ1n) is 9.62. The summed E-state index contributed by atoms with van der Waals surface area (Å²) in [5.74, 6) is 0.924. The summed E-state index contributed by atoms with van der Waals surface area (Å²) in [4.78, 5) is 11.3. The summed E-state index contributed by atoms with van der Waals surface area (Å²) in [5, 5.41) is 7.80. The molecule has 0 radical (unpaired) electrons. The Kier molecular flexibility index (Phi) is 8.12. The highest BCUT2D eigenvalue weighted by molar-refractivity contribution is 14.0. The summed E-state index contributed by atoms with van der Waals surface area (Å²) in [6, 6.07) is 8.20. The van der Waals surface area contributed by atoms with Gasteiger partial charge in [0.05, 0.1) is 22.9 Å². The zero-order chi connectivity index (χ0) is 18.5. The monoisotopic (exact) mass is 517 g/mol. The SMILES string of the molecule is CN=C(NCCNc1nc2ccccc2s1)N1CCOC(C2CCCO2)C1.I. The van der Waals surface area contributed by atoms with Crippen LogP contribution in [0, 0.1) is 0 Å². The lowest BCUT2D eigenvalue weighted by Crippen LogP contribution is -2.53. The normalized spacial score (nSPS) is 22.9. The molecule has 9 heteroatoms. The lowest BCUT2D eigenvalue weighted by molar-refractivity contribution is -0.0816. The molecule has 2 atom stereocenters. The molecule has 7 nitrogen and oxygen atoms in total. The van der Waals surface area contributed by atoms with Crippen molar-refractivity contribution in [3.05, 3.63) is 24.3 Å². The van der Waals surface area contributed by atoms with Gasteiger partial charge in [0.25, 0.3) is 0 Å². The number of para-hydroxylation sites is 1. The molecule has 1 aromatic heterocycles. The van der Waals surface area contributed by atoms with Crippen LogP contribution in [0.25, 0.3) is 10.2 Å². The van der Waals surface area contributed by atoms with Gasteiger partial charge in [0.2, 0.25) is 0 Å². The second kappa shape index (κ2) is 10.6. The minimum Gasteiger partial charge on any atom is -0.375 e. The molecule has 154 valence electrons. The first-order valence-corrected chi connectivity index (χ1v) is 10.4. The summed E-state index contributed by atoms with van der Waals surface area (Å²) < 4.78 is 12.9. The number of fused-ring (bicyclic) bond motifs is 1. The minimum absolute atomic E-state index is 0. The van der Waals surface area contributed by atoms with Gasteiger partial charge in [-0.25, -0.2) is 4.98 Å². The second-order valence-corrected chi connectivity index (χ2v) is 7.82. The first kappa shape index (κ1) is 21.5. The Hall–Kier alpha value is -1.17. The van der Waals surface area contributed by atoms with Crippen molar-refractivity contribution in [1.29, 1.82) is 0 Å². The molecule has 2 aliphatic rings. The lowest BCUT2D eigenvalue weighted by Gasteiger charge is -2.37. The molecule has 1 aromatic carbocycles. The number of nitrogens with zero attached hydrogens (tertiary/aromatic N) is 3. The average molecular weight is 517 g/mol. The molecule has 3 heterocycles. The second-order valence-electron chi connectivity index (χ2n) is 6.79. The number of halogens is 1. The number of hydrogen-bond donors (Lipinski definition) is 2. The van der Waals surface area contributed by atoms with Gasteiger partial charge in [-0.1, -0.05) is 23.5 Å². The van der Waals surface area contributed by atoms with Gasteiger partial charge in [-0.3, -0.25) is 4.99 Å². The van der Waals surface area contributed by atoms with Crippen molar-refractivity contribution < 1.29 is 9.47 Å². The molecule has 2 aromatic rings. The molecule has 2 N–H and O–H groups in total. The molecular weight excluding hydrogens is 489 g/mol. The van der Waals surface area contributed by atoms with Crippen molar-refractivity contribution in [3.8, 4) is 0 Å². The van der Waals surface area contributed by atoms with Crippen LogP contribution in [-0.2, 0) is 9.47 Å². The third-order valence-electron chi connectivity index (χ3n) is 4.96. The largest absolute Gasteiger partial charge is 0.375 e.